The monoisotopic (exact) mass is 140 g/mol. The maximum atomic E-state index is 10.8. The van der Waals surface area contributed by atoms with Crippen molar-refractivity contribution in [3.63, 3.8) is 0 Å². The minimum Gasteiger partial charge on any atom is -0.392 e. The molecule has 3 nitrogen and oxygen atoms in total. The van der Waals surface area contributed by atoms with Gasteiger partial charge in [0.05, 0.1) is 11.8 Å². The third kappa shape index (κ3) is 0.835. The van der Waals surface area contributed by atoms with E-state index in [1.807, 2.05) is 0 Å². The van der Waals surface area contributed by atoms with Crippen LogP contribution < -0.4 is 0 Å². The highest BCUT2D eigenvalue weighted by Crippen LogP contribution is 2.30. The van der Waals surface area contributed by atoms with Crippen molar-refractivity contribution in [3.05, 3.63) is 12.7 Å². The van der Waals surface area contributed by atoms with Crippen LogP contribution in [0.15, 0.2) is 12.7 Å². The van der Waals surface area contributed by atoms with Gasteiger partial charge in [0.2, 0.25) is 0 Å². The summed E-state index contributed by atoms with van der Waals surface area (Å²) in [6.45, 7) is 5.08. The van der Waals surface area contributed by atoms with Crippen LogP contribution in [-0.4, -0.2) is 11.9 Å². The molecule has 0 spiro atoms. The molecule has 0 aromatic rings. The molecule has 0 amide bonds. The third-order valence-corrected chi connectivity index (χ3v) is 1.63. The third-order valence-electron chi connectivity index (χ3n) is 1.63. The molecule has 1 saturated heterocycles. The van der Waals surface area contributed by atoms with Crippen molar-refractivity contribution in [1.29, 1.82) is 0 Å². The van der Waals surface area contributed by atoms with Crippen LogP contribution in [0.1, 0.15) is 13.3 Å². The molecule has 0 bridgehead atoms. The smallest absolute Gasteiger partial charge is 0.323 e. The zero-order valence-corrected chi connectivity index (χ0v) is 5.72. The first-order chi connectivity index (χ1) is 4.58. The van der Waals surface area contributed by atoms with Crippen molar-refractivity contribution < 1.29 is 14.3 Å². The second-order valence-electron chi connectivity index (χ2n) is 2.56. The maximum absolute atomic E-state index is 10.8. The molecule has 1 unspecified atom stereocenters. The largest absolute Gasteiger partial charge is 0.392 e. The van der Waals surface area contributed by atoms with E-state index in [2.05, 4.69) is 11.3 Å². The lowest BCUT2D eigenvalue weighted by Gasteiger charge is -2.08. The molecule has 0 aromatic heterocycles. The Morgan fingerprint density at radius 3 is 2.50 bits per heavy atom. The van der Waals surface area contributed by atoms with Gasteiger partial charge in [0.25, 0.3) is 0 Å². The molecule has 0 radical (unpaired) electrons. The van der Waals surface area contributed by atoms with E-state index in [0.29, 0.717) is 0 Å². The van der Waals surface area contributed by atoms with Gasteiger partial charge in [0.1, 0.15) is 0 Å². The molecule has 1 aliphatic rings. The fourth-order valence-electron chi connectivity index (χ4n) is 0.784. The van der Waals surface area contributed by atoms with Gasteiger partial charge >= 0.3 is 11.9 Å². The summed E-state index contributed by atoms with van der Waals surface area (Å²) in [6, 6.07) is 0. The van der Waals surface area contributed by atoms with Crippen LogP contribution in [0.25, 0.3) is 0 Å². The van der Waals surface area contributed by atoms with E-state index in [4.69, 9.17) is 0 Å². The second-order valence-corrected chi connectivity index (χ2v) is 2.56. The predicted octanol–water partition coefficient (Wildman–Crippen LogP) is 0.652. The van der Waals surface area contributed by atoms with Gasteiger partial charge < -0.3 is 4.74 Å². The average Bonchev–Trinajstić information content (AvgIpc) is 2.09. The van der Waals surface area contributed by atoms with Crippen LogP contribution in [0.5, 0.6) is 0 Å². The van der Waals surface area contributed by atoms with Gasteiger partial charge in [0, 0.05) is 0 Å². The molecular weight excluding hydrogens is 132 g/mol. The first-order valence-corrected chi connectivity index (χ1v) is 2.97. The highest BCUT2D eigenvalue weighted by Gasteiger charge is 2.42. The molecule has 0 N–H and O–H groups in total. The number of esters is 2. The molecule has 3 heteroatoms. The van der Waals surface area contributed by atoms with E-state index in [-0.39, 0.29) is 6.42 Å². The fraction of sp³-hybridized carbons (Fsp3) is 0.429. The van der Waals surface area contributed by atoms with Gasteiger partial charge in [-0.3, -0.25) is 9.59 Å². The highest BCUT2D eigenvalue weighted by molar-refractivity contribution is 5.98. The summed E-state index contributed by atoms with van der Waals surface area (Å²) < 4.78 is 4.32. The number of hydrogen-bond donors (Lipinski definition) is 0. The van der Waals surface area contributed by atoms with Gasteiger partial charge in [-0.2, -0.15) is 0 Å². The molecule has 0 aromatic carbocycles. The van der Waals surface area contributed by atoms with Crippen LogP contribution in [0.3, 0.4) is 0 Å². The predicted molar refractivity (Wildman–Crippen MR) is 34.0 cm³/mol. The number of ether oxygens (including phenoxy) is 1. The van der Waals surface area contributed by atoms with Crippen molar-refractivity contribution in [2.75, 3.05) is 0 Å². The molecule has 1 fully saturated rings. The Bertz CT molecular complexity index is 207. The molecule has 1 aliphatic heterocycles. The summed E-state index contributed by atoms with van der Waals surface area (Å²) in [4.78, 5) is 21.4. The molecule has 54 valence electrons. The van der Waals surface area contributed by atoms with Gasteiger partial charge in [-0.1, -0.05) is 6.08 Å². The Hall–Kier alpha value is -1.12. The Morgan fingerprint density at radius 1 is 1.70 bits per heavy atom. The van der Waals surface area contributed by atoms with Crippen molar-refractivity contribution in [3.8, 4) is 0 Å². The topological polar surface area (TPSA) is 43.4 Å². The van der Waals surface area contributed by atoms with Gasteiger partial charge in [-0.15, -0.1) is 6.58 Å². The van der Waals surface area contributed by atoms with Gasteiger partial charge in [-0.25, -0.2) is 0 Å². The molecule has 0 saturated carbocycles. The van der Waals surface area contributed by atoms with Gasteiger partial charge in [0.15, 0.2) is 0 Å². The van der Waals surface area contributed by atoms with Crippen LogP contribution in [0, 0.1) is 5.41 Å². The molecule has 1 atom stereocenters. The zero-order valence-electron chi connectivity index (χ0n) is 5.72. The summed E-state index contributed by atoms with van der Waals surface area (Å²) in [6.07, 6.45) is 1.57. The molecule has 1 rings (SSSR count). The minimum absolute atomic E-state index is 0.120. The summed E-state index contributed by atoms with van der Waals surface area (Å²) >= 11 is 0. The van der Waals surface area contributed by atoms with E-state index in [0.717, 1.165) is 0 Å². The zero-order chi connectivity index (χ0) is 7.78. The van der Waals surface area contributed by atoms with Crippen LogP contribution in [-0.2, 0) is 14.3 Å². The van der Waals surface area contributed by atoms with Crippen molar-refractivity contribution >= 4 is 11.9 Å². The van der Waals surface area contributed by atoms with Crippen LogP contribution >= 0.6 is 0 Å². The van der Waals surface area contributed by atoms with Crippen LogP contribution in [0.2, 0.25) is 0 Å². The number of hydrogen-bond acceptors (Lipinski definition) is 3. The van der Waals surface area contributed by atoms with E-state index >= 15 is 0 Å². The Morgan fingerprint density at radius 2 is 2.30 bits per heavy atom. The molecule has 0 aliphatic carbocycles. The number of carbonyl (C=O) groups excluding carboxylic acids is 2. The quantitative estimate of drug-likeness (QED) is 0.305. The Labute approximate surface area is 58.7 Å². The fourth-order valence-corrected chi connectivity index (χ4v) is 0.784. The highest BCUT2D eigenvalue weighted by atomic mass is 16.6. The maximum Gasteiger partial charge on any atom is 0.323 e. The average molecular weight is 140 g/mol. The summed E-state index contributed by atoms with van der Waals surface area (Å²) in [5.74, 6) is -0.958. The lowest BCUT2D eigenvalue weighted by molar-refractivity contribution is -0.154. The summed E-state index contributed by atoms with van der Waals surface area (Å²) in [5, 5.41) is 0. The SMILES string of the molecule is C=CC1(C)CC(=O)OC1=O. The Kier molecular flexibility index (Phi) is 1.35. The number of carbonyl (C=O) groups is 2. The minimum atomic E-state index is -0.781. The molecule has 10 heavy (non-hydrogen) atoms. The van der Waals surface area contributed by atoms with Gasteiger partial charge in [-0.05, 0) is 6.92 Å². The lowest BCUT2D eigenvalue weighted by atomic mass is 9.89. The van der Waals surface area contributed by atoms with E-state index in [1.165, 1.54) is 6.08 Å². The summed E-state index contributed by atoms with van der Waals surface area (Å²) in [7, 11) is 0. The van der Waals surface area contributed by atoms with E-state index in [9.17, 15) is 9.59 Å². The lowest BCUT2D eigenvalue weighted by Crippen LogP contribution is -2.18. The van der Waals surface area contributed by atoms with E-state index in [1.54, 1.807) is 6.92 Å². The van der Waals surface area contributed by atoms with E-state index < -0.39 is 17.4 Å². The second kappa shape index (κ2) is 1.94. The Balaban J connectivity index is 2.90. The number of cyclic esters (lactones) is 2. The van der Waals surface area contributed by atoms with Crippen LogP contribution in [0.4, 0.5) is 0 Å². The molecular formula is C7H8O3. The molecule has 1 heterocycles. The standard InChI is InChI=1S/C7H8O3/c1-3-7(2)4-5(8)10-6(7)9/h3H,1,4H2,2H3. The normalized spacial score (nSPS) is 32.1. The summed E-state index contributed by atoms with van der Waals surface area (Å²) in [5.41, 5.74) is -0.781. The first kappa shape index (κ1) is 6.99. The van der Waals surface area contributed by atoms with Crippen molar-refractivity contribution in [2.24, 2.45) is 5.41 Å². The number of rotatable bonds is 1. The van der Waals surface area contributed by atoms with Crippen molar-refractivity contribution in [1.82, 2.24) is 0 Å². The first-order valence-electron chi connectivity index (χ1n) is 2.97. The van der Waals surface area contributed by atoms with Crippen molar-refractivity contribution in [2.45, 2.75) is 13.3 Å².